The van der Waals surface area contributed by atoms with E-state index in [4.69, 9.17) is 21.4 Å². The van der Waals surface area contributed by atoms with Crippen molar-refractivity contribution in [3.63, 3.8) is 0 Å². The van der Waals surface area contributed by atoms with Crippen LogP contribution in [0.25, 0.3) is 72.7 Å². The van der Waals surface area contributed by atoms with Crippen LogP contribution in [0.4, 0.5) is 0 Å². The molecule has 4 heteroatoms. The number of phenolic OH excluding ortho intramolecular Hbond substituents is 1. The summed E-state index contributed by atoms with van der Waals surface area (Å²) in [6, 6.07) is 26.7. The van der Waals surface area contributed by atoms with Gasteiger partial charge in [-0.3, -0.25) is 9.55 Å². The number of pyridine rings is 1. The number of fused-ring (bicyclic) bond motifs is 1. The molecule has 0 fully saturated rings. The third-order valence-electron chi connectivity index (χ3n) is 9.98. The standard InChI is InChI=1S/C52H49N3O/c1-33-16-19-35(20-17-33)37-26-27-53-45(32-37)39-29-38(30-41(31-39)52(6,7)8)42-13-11-14-47-49(42)54-50(43-12-9-10-15-48(43)56)55(47)46-25-18-34(2)28-44(46)36-21-23-40(24-22-36)51(3,4)5/h9-32,56H,1-8H3/i1D3,2D3,16D,17D,19D,20D,26D,27D,32D. The average molecular weight is 745 g/mol. The number of aromatic hydroxyl groups is 1. The van der Waals surface area contributed by atoms with Gasteiger partial charge in [0.25, 0.3) is 0 Å². The van der Waals surface area contributed by atoms with Crippen LogP contribution in [0, 0.1) is 13.7 Å². The Morgan fingerprint density at radius 3 is 2.02 bits per heavy atom. The summed E-state index contributed by atoms with van der Waals surface area (Å²) in [6.07, 6.45) is -0.600. The summed E-state index contributed by atoms with van der Waals surface area (Å²) in [7, 11) is 0. The molecule has 0 saturated heterocycles. The molecule has 0 amide bonds. The molecular formula is C52H49N3O. The molecule has 56 heavy (non-hydrogen) atoms. The number of imidazole rings is 1. The maximum atomic E-state index is 11.4. The van der Waals surface area contributed by atoms with Gasteiger partial charge in [0.1, 0.15) is 11.6 Å². The SMILES string of the molecule is [2H]c1nc(-c2cc(-c3cccc4c3nc(-c3ccccc3O)n4-c3ccc(C([2H])([2H])[2H])cc3-c3ccc(C(C)(C)C)cc3)cc(C(C)(C)C)c2)c([2H])c(-c2c([2H])c([2H])c(C([2H])([2H])[2H])c([2H])c2[2H])c1[2H]. The van der Waals surface area contributed by atoms with Gasteiger partial charge in [-0.1, -0.05) is 138 Å². The van der Waals surface area contributed by atoms with Gasteiger partial charge >= 0.3 is 0 Å². The van der Waals surface area contributed by atoms with Crippen molar-refractivity contribution in [3.8, 4) is 67.5 Å². The first kappa shape index (κ1) is 24.3. The highest BCUT2D eigenvalue weighted by Crippen LogP contribution is 2.42. The van der Waals surface area contributed by atoms with Gasteiger partial charge in [-0.15, -0.1) is 0 Å². The van der Waals surface area contributed by atoms with E-state index in [0.29, 0.717) is 50.4 Å². The number of rotatable bonds is 6. The predicted molar refractivity (Wildman–Crippen MR) is 235 cm³/mol. The molecule has 1 N–H and O–H groups in total. The number of aromatic nitrogens is 3. The van der Waals surface area contributed by atoms with E-state index in [0.717, 1.165) is 16.7 Å². The molecule has 0 radical (unpaired) electrons. The van der Waals surface area contributed by atoms with E-state index in [1.165, 1.54) is 0 Å². The number of para-hydroxylation sites is 2. The Bertz CT molecular complexity index is 3330. The number of phenols is 1. The van der Waals surface area contributed by atoms with Crippen LogP contribution in [0.1, 0.15) is 81.6 Å². The highest BCUT2D eigenvalue weighted by Gasteiger charge is 2.24. The van der Waals surface area contributed by atoms with Crippen LogP contribution in [0.15, 0.2) is 146 Å². The molecule has 2 heterocycles. The van der Waals surface area contributed by atoms with E-state index < -0.39 is 78.2 Å². The molecule has 0 bridgehead atoms. The minimum Gasteiger partial charge on any atom is -0.507 e. The molecule has 0 aliphatic rings. The summed E-state index contributed by atoms with van der Waals surface area (Å²) in [4.78, 5) is 9.66. The van der Waals surface area contributed by atoms with Crippen LogP contribution in [0.3, 0.4) is 0 Å². The molecule has 0 aliphatic carbocycles. The number of hydrogen-bond acceptors (Lipinski definition) is 3. The zero-order valence-electron chi connectivity index (χ0n) is 45.1. The molecule has 8 rings (SSSR count). The summed E-state index contributed by atoms with van der Waals surface area (Å²) < 4.78 is 112. The molecule has 0 saturated carbocycles. The molecule has 0 unspecified atom stereocenters. The fourth-order valence-corrected chi connectivity index (χ4v) is 6.90. The second-order valence-corrected chi connectivity index (χ2v) is 16.0. The molecule has 4 nitrogen and oxygen atoms in total. The van der Waals surface area contributed by atoms with E-state index in [2.05, 4.69) is 25.8 Å². The highest BCUT2D eigenvalue weighted by molar-refractivity contribution is 5.97. The van der Waals surface area contributed by atoms with Crippen molar-refractivity contribution in [1.82, 2.24) is 14.5 Å². The van der Waals surface area contributed by atoms with Crippen LogP contribution < -0.4 is 0 Å². The minimum atomic E-state index is -2.98. The maximum Gasteiger partial charge on any atom is 0.149 e. The topological polar surface area (TPSA) is 50.9 Å². The predicted octanol–water partition coefficient (Wildman–Crippen LogP) is 13.7. The molecule has 0 aliphatic heterocycles. The lowest BCUT2D eigenvalue weighted by Crippen LogP contribution is -2.11. The fourth-order valence-electron chi connectivity index (χ4n) is 6.90. The third kappa shape index (κ3) is 7.04. The molecule has 0 atom stereocenters. The third-order valence-corrected chi connectivity index (χ3v) is 9.98. The first-order chi connectivity index (χ1) is 32.1. The second-order valence-electron chi connectivity index (χ2n) is 16.0. The van der Waals surface area contributed by atoms with Crippen molar-refractivity contribution in [1.29, 1.82) is 0 Å². The average Bonchev–Trinajstić information content (AvgIpc) is 3.66. The van der Waals surface area contributed by atoms with E-state index in [1.54, 1.807) is 54.6 Å². The zero-order valence-corrected chi connectivity index (χ0v) is 32.1. The Balaban J connectivity index is 1.42. The second kappa shape index (κ2) is 14.1. The Morgan fingerprint density at radius 1 is 0.589 bits per heavy atom. The van der Waals surface area contributed by atoms with Gasteiger partial charge < -0.3 is 5.11 Å². The van der Waals surface area contributed by atoms with Gasteiger partial charge in [-0.2, -0.15) is 0 Å². The molecule has 2 aromatic heterocycles. The van der Waals surface area contributed by atoms with Crippen LogP contribution in [0.2, 0.25) is 0 Å². The Morgan fingerprint density at radius 2 is 1.30 bits per heavy atom. The Kier molecular flexibility index (Phi) is 6.12. The van der Waals surface area contributed by atoms with Crippen LogP contribution in [-0.4, -0.2) is 19.6 Å². The van der Waals surface area contributed by atoms with Crippen molar-refractivity contribution in [3.05, 3.63) is 168 Å². The van der Waals surface area contributed by atoms with E-state index in [9.17, 15) is 6.48 Å². The molecule has 8 aromatic rings. The maximum absolute atomic E-state index is 11.4. The Labute approximate surface area is 349 Å². The number of hydrogen-bond donors (Lipinski definition) is 1. The van der Waals surface area contributed by atoms with Gasteiger partial charge in [0, 0.05) is 31.1 Å². The van der Waals surface area contributed by atoms with Gasteiger partial charge in [0.2, 0.25) is 0 Å². The largest absolute Gasteiger partial charge is 0.507 e. The Hall–Kier alpha value is -6.26. The van der Waals surface area contributed by atoms with Crippen LogP contribution in [-0.2, 0) is 10.8 Å². The van der Waals surface area contributed by atoms with Gasteiger partial charge in [-0.05, 0) is 112 Å². The zero-order chi connectivity index (χ0) is 50.4. The molecular weight excluding hydrogens is 683 g/mol. The van der Waals surface area contributed by atoms with Crippen molar-refractivity contribution in [2.24, 2.45) is 0 Å². The van der Waals surface area contributed by atoms with Gasteiger partial charge in [-0.25, -0.2) is 4.98 Å². The van der Waals surface area contributed by atoms with Crippen LogP contribution >= 0.6 is 0 Å². The minimum absolute atomic E-state index is 0.0356. The van der Waals surface area contributed by atoms with E-state index in [-0.39, 0.29) is 22.4 Å². The first-order valence-electron chi connectivity index (χ1n) is 24.9. The quantitative estimate of drug-likeness (QED) is 0.184. The smallest absolute Gasteiger partial charge is 0.149 e. The lowest BCUT2D eigenvalue weighted by atomic mass is 9.83. The van der Waals surface area contributed by atoms with Crippen molar-refractivity contribution >= 4 is 11.0 Å². The van der Waals surface area contributed by atoms with E-state index >= 15 is 0 Å². The number of benzene rings is 6. The van der Waals surface area contributed by atoms with Gasteiger partial charge in [0.15, 0.2) is 0 Å². The molecule has 0 spiro atoms. The monoisotopic (exact) mass is 744 g/mol. The van der Waals surface area contributed by atoms with Crippen molar-refractivity contribution in [2.45, 2.75) is 66.1 Å². The van der Waals surface area contributed by atoms with E-state index in [1.807, 2.05) is 73.9 Å². The summed E-state index contributed by atoms with van der Waals surface area (Å²) in [5.41, 5.74) is 4.69. The number of nitrogens with zero attached hydrogens (tertiary/aromatic N) is 3. The molecule has 278 valence electrons. The number of aryl methyl sites for hydroxylation is 1. The van der Waals surface area contributed by atoms with Crippen LogP contribution in [0.5, 0.6) is 5.75 Å². The van der Waals surface area contributed by atoms with Gasteiger partial charge in [0.05, 0.1) is 37.6 Å². The normalized spacial score (nSPS) is 15.8. The summed E-state index contributed by atoms with van der Waals surface area (Å²) in [5.74, 6) is 0.331. The lowest BCUT2D eigenvalue weighted by molar-refractivity contribution is 0.477. The molecule has 6 aromatic carbocycles. The van der Waals surface area contributed by atoms with Crippen molar-refractivity contribution < 1.29 is 22.9 Å². The summed E-state index contributed by atoms with van der Waals surface area (Å²) in [5, 5.41) is 11.4. The lowest BCUT2D eigenvalue weighted by Gasteiger charge is -2.22. The highest BCUT2D eigenvalue weighted by atomic mass is 16.3. The summed E-state index contributed by atoms with van der Waals surface area (Å²) >= 11 is 0. The summed E-state index contributed by atoms with van der Waals surface area (Å²) in [6.45, 7) is 6.96. The van der Waals surface area contributed by atoms with Crippen molar-refractivity contribution in [2.75, 3.05) is 0 Å². The first-order valence-corrected chi connectivity index (χ1v) is 18.4. The fraction of sp³-hybridized carbons (Fsp3) is 0.192.